The van der Waals surface area contributed by atoms with Gasteiger partial charge >= 0.3 is 0 Å². The van der Waals surface area contributed by atoms with Crippen molar-refractivity contribution in [3.63, 3.8) is 0 Å². The first-order valence-electron chi connectivity index (χ1n) is 6.11. The van der Waals surface area contributed by atoms with Crippen LogP contribution in [0.2, 0.25) is 0 Å². The highest BCUT2D eigenvalue weighted by atomic mass is 79.9. The van der Waals surface area contributed by atoms with E-state index in [4.69, 9.17) is 0 Å². The summed E-state index contributed by atoms with van der Waals surface area (Å²) in [5, 5.41) is 3.68. The summed E-state index contributed by atoms with van der Waals surface area (Å²) in [5.41, 5.74) is 0. The van der Waals surface area contributed by atoms with Crippen LogP contribution in [0, 0.1) is 23.7 Å². The van der Waals surface area contributed by atoms with Crippen LogP contribution in [-0.2, 0) is 4.79 Å². The van der Waals surface area contributed by atoms with Crippen molar-refractivity contribution in [2.75, 3.05) is 5.33 Å². The summed E-state index contributed by atoms with van der Waals surface area (Å²) in [6.07, 6.45) is 6.98. The van der Waals surface area contributed by atoms with Gasteiger partial charge in [-0.3, -0.25) is 4.79 Å². The molecule has 4 aliphatic carbocycles. The van der Waals surface area contributed by atoms with Gasteiger partial charge < -0.3 is 5.32 Å². The minimum atomic E-state index is 0.174. The van der Waals surface area contributed by atoms with E-state index in [0.717, 1.165) is 23.7 Å². The summed E-state index contributed by atoms with van der Waals surface area (Å²) in [4.78, 5) is 11.4. The molecule has 3 heteroatoms. The molecule has 0 saturated heterocycles. The maximum Gasteiger partial charge on any atom is 0.230 e. The van der Waals surface area contributed by atoms with Crippen LogP contribution in [0.1, 0.15) is 32.1 Å². The minimum absolute atomic E-state index is 0.174. The Kier molecular flexibility index (Phi) is 2.54. The highest BCUT2D eigenvalue weighted by molar-refractivity contribution is 9.09. The number of hydrogen-bond acceptors (Lipinski definition) is 1. The van der Waals surface area contributed by atoms with Crippen molar-refractivity contribution < 1.29 is 4.79 Å². The van der Waals surface area contributed by atoms with Crippen molar-refractivity contribution in [3.05, 3.63) is 0 Å². The fourth-order valence-corrected chi connectivity index (χ4v) is 4.55. The van der Waals surface area contributed by atoms with Crippen LogP contribution in [0.5, 0.6) is 0 Å². The van der Waals surface area contributed by atoms with E-state index in [1.807, 2.05) is 0 Å². The summed E-state index contributed by atoms with van der Waals surface area (Å²) < 4.78 is 0. The number of halogens is 1. The number of alkyl halides is 1. The van der Waals surface area contributed by atoms with E-state index in [1.165, 1.54) is 32.1 Å². The second-order valence-electron chi connectivity index (χ2n) is 5.66. The zero-order valence-electron chi connectivity index (χ0n) is 8.92. The van der Waals surface area contributed by atoms with Gasteiger partial charge in [-0.1, -0.05) is 15.9 Å². The average molecular weight is 272 g/mol. The zero-order valence-corrected chi connectivity index (χ0v) is 10.5. The number of rotatable bonds is 2. The summed E-state index contributed by atoms with van der Waals surface area (Å²) in [5.74, 6) is 3.75. The molecule has 1 N–H and O–H groups in total. The van der Waals surface area contributed by atoms with E-state index in [-0.39, 0.29) is 5.91 Å². The fourth-order valence-electron chi connectivity index (χ4n) is 4.39. The van der Waals surface area contributed by atoms with E-state index in [0.29, 0.717) is 11.4 Å². The van der Waals surface area contributed by atoms with Gasteiger partial charge in [0.15, 0.2) is 0 Å². The molecule has 1 amide bonds. The predicted molar refractivity (Wildman–Crippen MR) is 62.8 cm³/mol. The molecule has 0 heterocycles. The Hall–Kier alpha value is -0.0500. The first-order chi connectivity index (χ1) is 7.26. The number of nitrogens with one attached hydrogen (secondary N) is 1. The van der Waals surface area contributed by atoms with Crippen molar-refractivity contribution in [2.24, 2.45) is 23.7 Å². The SMILES string of the molecule is O=C(CBr)NC1C2CC3CC(C2)CC1C3. The van der Waals surface area contributed by atoms with Crippen LogP contribution in [0.15, 0.2) is 0 Å². The molecule has 15 heavy (non-hydrogen) atoms. The number of amides is 1. The molecule has 4 rings (SSSR count). The maximum atomic E-state index is 11.4. The Morgan fingerprint density at radius 3 is 2.07 bits per heavy atom. The highest BCUT2D eigenvalue weighted by Crippen LogP contribution is 2.53. The van der Waals surface area contributed by atoms with E-state index in [1.54, 1.807) is 0 Å². The lowest BCUT2D eigenvalue weighted by Crippen LogP contribution is -2.56. The van der Waals surface area contributed by atoms with Crippen LogP contribution in [0.4, 0.5) is 0 Å². The zero-order chi connectivity index (χ0) is 10.4. The monoisotopic (exact) mass is 271 g/mol. The second kappa shape index (κ2) is 3.76. The van der Waals surface area contributed by atoms with Crippen LogP contribution in [0.3, 0.4) is 0 Å². The van der Waals surface area contributed by atoms with Crippen LogP contribution in [-0.4, -0.2) is 17.3 Å². The Morgan fingerprint density at radius 2 is 1.60 bits per heavy atom. The predicted octanol–water partition coefficient (Wildman–Crippen LogP) is 2.32. The van der Waals surface area contributed by atoms with Gasteiger partial charge in [-0.2, -0.15) is 0 Å². The number of hydrogen-bond donors (Lipinski definition) is 1. The van der Waals surface area contributed by atoms with Crippen molar-refractivity contribution >= 4 is 21.8 Å². The molecule has 0 aliphatic heterocycles. The molecule has 84 valence electrons. The summed E-state index contributed by atoms with van der Waals surface area (Å²) in [6, 6.07) is 0.503. The van der Waals surface area contributed by atoms with Gasteiger partial charge in [0.1, 0.15) is 0 Å². The topological polar surface area (TPSA) is 29.1 Å². The second-order valence-corrected chi connectivity index (χ2v) is 6.22. The molecule has 4 bridgehead atoms. The van der Waals surface area contributed by atoms with Crippen molar-refractivity contribution in [1.29, 1.82) is 0 Å². The van der Waals surface area contributed by atoms with Crippen LogP contribution < -0.4 is 5.32 Å². The molecule has 0 radical (unpaired) electrons. The van der Waals surface area contributed by atoms with Gasteiger partial charge in [0.25, 0.3) is 0 Å². The molecule has 4 fully saturated rings. The third kappa shape index (κ3) is 1.73. The molecule has 0 aromatic carbocycles. The molecule has 4 aliphatic rings. The first-order valence-corrected chi connectivity index (χ1v) is 7.23. The lowest BCUT2D eigenvalue weighted by atomic mass is 9.54. The van der Waals surface area contributed by atoms with Gasteiger partial charge in [0.05, 0.1) is 5.33 Å². The standard InChI is InChI=1S/C12H18BrNO/c13-6-11(15)14-12-9-2-7-1-8(4-9)5-10(12)3-7/h7-10,12H,1-6H2,(H,14,15). The van der Waals surface area contributed by atoms with E-state index >= 15 is 0 Å². The van der Waals surface area contributed by atoms with Gasteiger partial charge in [-0.25, -0.2) is 0 Å². The fraction of sp³-hybridized carbons (Fsp3) is 0.917. The van der Waals surface area contributed by atoms with Gasteiger partial charge in [0.2, 0.25) is 5.91 Å². The average Bonchev–Trinajstić information content (AvgIpc) is 2.22. The summed E-state index contributed by atoms with van der Waals surface area (Å²) in [6.45, 7) is 0. The van der Waals surface area contributed by atoms with Gasteiger partial charge in [-0.15, -0.1) is 0 Å². The third-order valence-corrected chi connectivity index (χ3v) is 5.19. The quantitative estimate of drug-likeness (QED) is 0.768. The smallest absolute Gasteiger partial charge is 0.230 e. The van der Waals surface area contributed by atoms with Crippen molar-refractivity contribution in [1.82, 2.24) is 5.32 Å². The Balaban J connectivity index is 1.72. The molecule has 0 aromatic rings. The highest BCUT2D eigenvalue weighted by Gasteiger charge is 2.48. The normalized spacial score (nSPS) is 46.9. The summed E-state index contributed by atoms with van der Waals surface area (Å²) >= 11 is 3.23. The molecule has 0 unspecified atom stereocenters. The first kappa shape index (κ1) is 10.1. The van der Waals surface area contributed by atoms with Crippen molar-refractivity contribution in [2.45, 2.75) is 38.1 Å². The largest absolute Gasteiger partial charge is 0.352 e. The number of carbonyl (C=O) groups excluding carboxylic acids is 1. The third-order valence-electron chi connectivity index (χ3n) is 4.68. The van der Waals surface area contributed by atoms with E-state index < -0.39 is 0 Å². The Bertz CT molecular complexity index is 251. The van der Waals surface area contributed by atoms with Crippen LogP contribution >= 0.6 is 15.9 Å². The maximum absolute atomic E-state index is 11.4. The molecule has 2 nitrogen and oxygen atoms in total. The van der Waals surface area contributed by atoms with E-state index in [2.05, 4.69) is 21.2 Å². The Morgan fingerprint density at radius 1 is 1.07 bits per heavy atom. The molecular formula is C12H18BrNO. The molecule has 4 saturated carbocycles. The lowest BCUT2D eigenvalue weighted by molar-refractivity contribution is -0.122. The summed E-state index contributed by atoms with van der Waals surface area (Å²) in [7, 11) is 0. The molecular weight excluding hydrogens is 254 g/mol. The number of carbonyl (C=O) groups is 1. The Labute approximate surface area is 99.3 Å². The van der Waals surface area contributed by atoms with Gasteiger partial charge in [0, 0.05) is 6.04 Å². The van der Waals surface area contributed by atoms with Crippen molar-refractivity contribution in [3.8, 4) is 0 Å². The van der Waals surface area contributed by atoms with Gasteiger partial charge in [-0.05, 0) is 55.8 Å². The molecule has 0 spiro atoms. The lowest BCUT2D eigenvalue weighted by Gasteiger charge is -2.54. The molecule has 0 aromatic heterocycles. The molecule has 0 atom stereocenters. The van der Waals surface area contributed by atoms with E-state index in [9.17, 15) is 4.79 Å². The minimum Gasteiger partial charge on any atom is -0.352 e. The van der Waals surface area contributed by atoms with Crippen LogP contribution in [0.25, 0.3) is 0 Å².